The number of nitrogens with two attached hydrogens (primary N) is 1. The lowest BCUT2D eigenvalue weighted by atomic mass is 10.0. The molecule has 1 rings (SSSR count). The van der Waals surface area contributed by atoms with Crippen LogP contribution in [0.4, 0.5) is 10.1 Å². The van der Waals surface area contributed by atoms with Crippen LogP contribution < -0.4 is 10.6 Å². The number of benzene rings is 1. The summed E-state index contributed by atoms with van der Waals surface area (Å²) >= 11 is 0. The van der Waals surface area contributed by atoms with Crippen molar-refractivity contribution in [3.63, 3.8) is 0 Å². The van der Waals surface area contributed by atoms with Gasteiger partial charge in [0.25, 0.3) is 0 Å². The predicted molar refractivity (Wildman–Crippen MR) is 62.7 cm³/mol. The van der Waals surface area contributed by atoms with E-state index in [4.69, 9.17) is 5.73 Å². The van der Waals surface area contributed by atoms with Crippen LogP contribution in [0.2, 0.25) is 0 Å². The third-order valence-electron chi connectivity index (χ3n) is 2.53. The first-order chi connectivity index (χ1) is 7.04. The van der Waals surface area contributed by atoms with E-state index >= 15 is 0 Å². The molecule has 2 nitrogen and oxygen atoms in total. The molecule has 0 aromatic heterocycles. The van der Waals surface area contributed by atoms with Gasteiger partial charge in [-0.15, -0.1) is 0 Å². The summed E-state index contributed by atoms with van der Waals surface area (Å²) in [7, 11) is 3.91. The molecule has 1 aromatic rings. The summed E-state index contributed by atoms with van der Waals surface area (Å²) in [6.07, 6.45) is 1.63. The molecule has 0 aliphatic heterocycles. The van der Waals surface area contributed by atoms with Gasteiger partial charge in [-0.1, -0.05) is 6.92 Å². The molecule has 2 N–H and O–H groups in total. The van der Waals surface area contributed by atoms with Gasteiger partial charge < -0.3 is 10.6 Å². The standard InChI is InChI=1S/C12H19FN2/c1-4-11(14)8-9-7-10(13)5-6-12(9)15(2)3/h5-7,11H,4,8,14H2,1-3H3. The second kappa shape index (κ2) is 5.12. The molecule has 0 bridgehead atoms. The van der Waals surface area contributed by atoms with E-state index in [-0.39, 0.29) is 11.9 Å². The van der Waals surface area contributed by atoms with Crippen molar-refractivity contribution in [2.24, 2.45) is 5.73 Å². The van der Waals surface area contributed by atoms with Gasteiger partial charge in [-0.05, 0) is 36.6 Å². The summed E-state index contributed by atoms with van der Waals surface area (Å²) in [5.41, 5.74) is 7.91. The quantitative estimate of drug-likeness (QED) is 0.825. The van der Waals surface area contributed by atoms with Gasteiger partial charge >= 0.3 is 0 Å². The predicted octanol–water partition coefficient (Wildman–Crippen LogP) is 2.17. The largest absolute Gasteiger partial charge is 0.377 e. The third kappa shape index (κ3) is 3.20. The first-order valence-electron chi connectivity index (χ1n) is 5.26. The summed E-state index contributed by atoms with van der Waals surface area (Å²) in [4.78, 5) is 1.98. The van der Waals surface area contributed by atoms with E-state index in [1.165, 1.54) is 6.07 Å². The smallest absolute Gasteiger partial charge is 0.123 e. The van der Waals surface area contributed by atoms with Crippen molar-refractivity contribution in [3.8, 4) is 0 Å². The van der Waals surface area contributed by atoms with Gasteiger partial charge in [0.05, 0.1) is 0 Å². The van der Waals surface area contributed by atoms with E-state index in [1.807, 2.05) is 25.9 Å². The van der Waals surface area contributed by atoms with Crippen LogP contribution in [0.15, 0.2) is 18.2 Å². The average Bonchev–Trinajstić information content (AvgIpc) is 2.17. The molecule has 0 heterocycles. The van der Waals surface area contributed by atoms with Crippen LogP contribution >= 0.6 is 0 Å². The first-order valence-corrected chi connectivity index (χ1v) is 5.26. The van der Waals surface area contributed by atoms with Gasteiger partial charge in [-0.2, -0.15) is 0 Å². The minimum atomic E-state index is -0.195. The highest BCUT2D eigenvalue weighted by Crippen LogP contribution is 2.21. The van der Waals surface area contributed by atoms with Gasteiger partial charge in [0.15, 0.2) is 0 Å². The Balaban J connectivity index is 2.96. The van der Waals surface area contributed by atoms with E-state index in [0.29, 0.717) is 0 Å². The van der Waals surface area contributed by atoms with Crippen LogP contribution in [0.25, 0.3) is 0 Å². The van der Waals surface area contributed by atoms with Crippen molar-refractivity contribution in [3.05, 3.63) is 29.6 Å². The van der Waals surface area contributed by atoms with Crippen LogP contribution in [0, 0.1) is 5.82 Å². The molecule has 1 atom stereocenters. The number of hydrogen-bond acceptors (Lipinski definition) is 2. The maximum absolute atomic E-state index is 13.1. The van der Waals surface area contributed by atoms with Crippen LogP contribution in [0.3, 0.4) is 0 Å². The fraction of sp³-hybridized carbons (Fsp3) is 0.500. The Morgan fingerprint density at radius 1 is 1.40 bits per heavy atom. The zero-order valence-corrected chi connectivity index (χ0v) is 9.63. The molecule has 0 aliphatic carbocycles. The molecule has 1 aromatic carbocycles. The highest BCUT2D eigenvalue weighted by Gasteiger charge is 2.09. The Morgan fingerprint density at radius 3 is 2.60 bits per heavy atom. The van der Waals surface area contributed by atoms with Crippen molar-refractivity contribution in [1.29, 1.82) is 0 Å². The lowest BCUT2D eigenvalue weighted by molar-refractivity contribution is 0.614. The van der Waals surface area contributed by atoms with Crippen LogP contribution in [-0.4, -0.2) is 20.1 Å². The van der Waals surface area contributed by atoms with E-state index in [1.54, 1.807) is 12.1 Å². The highest BCUT2D eigenvalue weighted by atomic mass is 19.1. The van der Waals surface area contributed by atoms with Crippen molar-refractivity contribution in [2.75, 3.05) is 19.0 Å². The first kappa shape index (κ1) is 12.0. The van der Waals surface area contributed by atoms with Crippen molar-refractivity contribution in [1.82, 2.24) is 0 Å². The lowest BCUT2D eigenvalue weighted by Crippen LogP contribution is -2.23. The fourth-order valence-corrected chi connectivity index (χ4v) is 1.58. The molecule has 3 heteroatoms. The molecule has 0 fully saturated rings. The molecule has 15 heavy (non-hydrogen) atoms. The van der Waals surface area contributed by atoms with Gasteiger partial charge in [0.2, 0.25) is 0 Å². The van der Waals surface area contributed by atoms with Crippen molar-refractivity contribution in [2.45, 2.75) is 25.8 Å². The number of hydrogen-bond donors (Lipinski definition) is 1. The Hall–Kier alpha value is -1.09. The Kier molecular flexibility index (Phi) is 4.09. The van der Waals surface area contributed by atoms with Crippen LogP contribution in [0.1, 0.15) is 18.9 Å². The Morgan fingerprint density at radius 2 is 2.07 bits per heavy atom. The topological polar surface area (TPSA) is 29.3 Å². The second-order valence-corrected chi connectivity index (χ2v) is 4.04. The van der Waals surface area contributed by atoms with Gasteiger partial charge in [0, 0.05) is 25.8 Å². The normalized spacial score (nSPS) is 12.6. The van der Waals surface area contributed by atoms with Gasteiger partial charge in [-0.25, -0.2) is 4.39 Å². The molecule has 0 spiro atoms. The van der Waals surface area contributed by atoms with Crippen LogP contribution in [-0.2, 0) is 6.42 Å². The van der Waals surface area contributed by atoms with Crippen molar-refractivity contribution >= 4 is 5.69 Å². The lowest BCUT2D eigenvalue weighted by Gasteiger charge is -2.19. The molecule has 84 valence electrons. The molecule has 1 unspecified atom stereocenters. The van der Waals surface area contributed by atoms with Gasteiger partial charge in [0.1, 0.15) is 5.82 Å². The molecular formula is C12H19FN2. The van der Waals surface area contributed by atoms with E-state index < -0.39 is 0 Å². The Bertz CT molecular complexity index is 323. The molecule has 0 saturated heterocycles. The van der Waals surface area contributed by atoms with Crippen molar-refractivity contribution < 1.29 is 4.39 Å². The molecule has 0 aliphatic rings. The SMILES string of the molecule is CCC(N)Cc1cc(F)ccc1N(C)C. The molecule has 0 radical (unpaired) electrons. The summed E-state index contributed by atoms with van der Waals surface area (Å²) < 4.78 is 13.1. The zero-order chi connectivity index (χ0) is 11.4. The number of nitrogens with zero attached hydrogens (tertiary/aromatic N) is 1. The van der Waals surface area contributed by atoms with Gasteiger partial charge in [-0.3, -0.25) is 0 Å². The average molecular weight is 210 g/mol. The third-order valence-corrected chi connectivity index (χ3v) is 2.53. The zero-order valence-electron chi connectivity index (χ0n) is 9.63. The summed E-state index contributed by atoms with van der Waals surface area (Å²) in [5, 5.41) is 0. The molecule has 0 saturated carbocycles. The molecule has 0 amide bonds. The minimum Gasteiger partial charge on any atom is -0.377 e. The molecular weight excluding hydrogens is 191 g/mol. The summed E-state index contributed by atoms with van der Waals surface area (Å²) in [6, 6.07) is 4.96. The monoisotopic (exact) mass is 210 g/mol. The minimum absolute atomic E-state index is 0.102. The summed E-state index contributed by atoms with van der Waals surface area (Å²) in [5.74, 6) is -0.195. The maximum Gasteiger partial charge on any atom is 0.123 e. The number of anilines is 1. The van der Waals surface area contributed by atoms with Crippen LogP contribution in [0.5, 0.6) is 0 Å². The van der Waals surface area contributed by atoms with E-state index in [2.05, 4.69) is 0 Å². The fourth-order valence-electron chi connectivity index (χ4n) is 1.58. The number of rotatable bonds is 4. The number of halogens is 1. The Labute approximate surface area is 90.9 Å². The van der Waals surface area contributed by atoms with E-state index in [0.717, 1.165) is 24.1 Å². The maximum atomic E-state index is 13.1. The second-order valence-electron chi connectivity index (χ2n) is 4.04. The highest BCUT2D eigenvalue weighted by molar-refractivity contribution is 5.53. The summed E-state index contributed by atoms with van der Waals surface area (Å²) in [6.45, 7) is 2.04. The van der Waals surface area contributed by atoms with E-state index in [9.17, 15) is 4.39 Å².